The van der Waals surface area contributed by atoms with Crippen LogP contribution in [0, 0.1) is 0 Å². The number of Topliss-reactive ketones (excluding diaryl/α,β-unsaturated/α-hetero) is 1. The van der Waals surface area contributed by atoms with Gasteiger partial charge in [-0.3, -0.25) is 4.79 Å². The van der Waals surface area contributed by atoms with E-state index in [1.54, 1.807) is 6.92 Å². The molecule has 1 aromatic rings. The molecule has 0 aliphatic carbocycles. The van der Waals surface area contributed by atoms with Crippen LogP contribution < -0.4 is 4.90 Å². The second-order valence-electron chi connectivity index (χ2n) is 4.34. The first-order valence-corrected chi connectivity index (χ1v) is 7.69. The molecule has 0 spiro atoms. The molecule has 0 aromatic heterocycles. The van der Waals surface area contributed by atoms with Crippen molar-refractivity contribution >= 4 is 39.2 Å². The molecule has 1 unspecified atom stereocenters. The van der Waals surface area contributed by atoms with Crippen molar-refractivity contribution in [2.24, 2.45) is 0 Å². The quantitative estimate of drug-likeness (QED) is 0.778. The van der Waals surface area contributed by atoms with E-state index >= 15 is 0 Å². The lowest BCUT2D eigenvalue weighted by molar-refractivity contribution is 0.101. The van der Waals surface area contributed by atoms with E-state index in [0.717, 1.165) is 16.6 Å². The number of nitrogens with zero attached hydrogens (tertiary/aromatic N) is 1. The summed E-state index contributed by atoms with van der Waals surface area (Å²) in [5.74, 6) is 2.45. The number of rotatable bonds is 2. The molecule has 1 saturated heterocycles. The first-order valence-electron chi connectivity index (χ1n) is 5.74. The molecule has 1 aliphatic rings. The molecule has 0 bridgehead atoms. The van der Waals surface area contributed by atoms with Crippen molar-refractivity contribution in [3.63, 3.8) is 0 Å². The van der Waals surface area contributed by atoms with E-state index in [0.29, 0.717) is 6.04 Å². The summed E-state index contributed by atoms with van der Waals surface area (Å²) in [6.45, 7) is 4.92. The zero-order chi connectivity index (χ0) is 12.4. The highest BCUT2D eigenvalue weighted by Gasteiger charge is 2.20. The summed E-state index contributed by atoms with van der Waals surface area (Å²) >= 11 is 5.58. The Morgan fingerprint density at radius 2 is 2.29 bits per heavy atom. The first kappa shape index (κ1) is 13.0. The zero-order valence-corrected chi connectivity index (χ0v) is 12.5. The van der Waals surface area contributed by atoms with Crippen LogP contribution in [0.1, 0.15) is 24.2 Å². The second kappa shape index (κ2) is 5.44. The van der Waals surface area contributed by atoms with Crippen LogP contribution in [0.5, 0.6) is 0 Å². The van der Waals surface area contributed by atoms with Crippen molar-refractivity contribution in [2.75, 3.05) is 23.0 Å². The van der Waals surface area contributed by atoms with E-state index in [9.17, 15) is 4.79 Å². The second-order valence-corrected chi connectivity index (χ2v) is 6.34. The van der Waals surface area contributed by atoms with Gasteiger partial charge in [0.1, 0.15) is 0 Å². The Bertz CT molecular complexity index is 435. The van der Waals surface area contributed by atoms with Crippen molar-refractivity contribution in [2.45, 2.75) is 19.9 Å². The maximum absolute atomic E-state index is 11.3. The normalized spacial score (nSPS) is 20.4. The molecule has 0 saturated carbocycles. The molecule has 1 heterocycles. The molecule has 17 heavy (non-hydrogen) atoms. The summed E-state index contributed by atoms with van der Waals surface area (Å²) in [5.41, 5.74) is 1.96. The average Bonchev–Trinajstić information content (AvgIpc) is 2.30. The molecule has 0 amide bonds. The summed E-state index contributed by atoms with van der Waals surface area (Å²) in [4.78, 5) is 13.7. The largest absolute Gasteiger partial charge is 0.366 e. The van der Waals surface area contributed by atoms with E-state index in [4.69, 9.17) is 0 Å². The Kier molecular flexibility index (Phi) is 4.15. The van der Waals surface area contributed by atoms with Gasteiger partial charge in [0.15, 0.2) is 5.78 Å². The van der Waals surface area contributed by atoms with Crippen LogP contribution in [0.25, 0.3) is 0 Å². The Morgan fingerprint density at radius 3 is 2.88 bits per heavy atom. The average molecular weight is 314 g/mol. The van der Waals surface area contributed by atoms with Crippen molar-refractivity contribution < 1.29 is 4.79 Å². The summed E-state index contributed by atoms with van der Waals surface area (Å²) < 4.78 is 1.02. The van der Waals surface area contributed by atoms with Crippen molar-refractivity contribution in [1.29, 1.82) is 0 Å². The maximum atomic E-state index is 11.3. The molecule has 1 fully saturated rings. The van der Waals surface area contributed by atoms with E-state index < -0.39 is 0 Å². The van der Waals surface area contributed by atoms with Crippen LogP contribution in [0.4, 0.5) is 5.69 Å². The Balaban J connectivity index is 2.29. The molecule has 4 heteroatoms. The van der Waals surface area contributed by atoms with Crippen LogP contribution >= 0.6 is 27.7 Å². The van der Waals surface area contributed by atoms with Gasteiger partial charge in [-0.1, -0.05) is 0 Å². The van der Waals surface area contributed by atoms with Gasteiger partial charge in [-0.15, -0.1) is 0 Å². The number of ketones is 1. The first-order chi connectivity index (χ1) is 8.09. The number of anilines is 1. The lowest BCUT2D eigenvalue weighted by atomic mass is 10.1. The van der Waals surface area contributed by atoms with Crippen LogP contribution in [0.3, 0.4) is 0 Å². The molecule has 1 aliphatic heterocycles. The number of carbonyl (C=O) groups is 1. The third-order valence-electron chi connectivity index (χ3n) is 3.03. The van der Waals surface area contributed by atoms with Gasteiger partial charge in [0.25, 0.3) is 0 Å². The number of hydrogen-bond acceptors (Lipinski definition) is 3. The van der Waals surface area contributed by atoms with Crippen LogP contribution in [-0.4, -0.2) is 29.9 Å². The fourth-order valence-corrected chi connectivity index (χ4v) is 3.66. The molecule has 92 valence electrons. The Morgan fingerprint density at radius 1 is 1.53 bits per heavy atom. The van der Waals surface area contributed by atoms with Gasteiger partial charge in [-0.2, -0.15) is 11.8 Å². The zero-order valence-electron chi connectivity index (χ0n) is 10.1. The molecular formula is C13H16BrNOS. The maximum Gasteiger partial charge on any atom is 0.159 e. The third-order valence-corrected chi connectivity index (χ3v) is 4.86. The van der Waals surface area contributed by atoms with E-state index in [2.05, 4.69) is 27.8 Å². The third kappa shape index (κ3) is 2.86. The van der Waals surface area contributed by atoms with Crippen LogP contribution in [0.15, 0.2) is 22.7 Å². The predicted octanol–water partition coefficient (Wildman–Crippen LogP) is 3.59. The van der Waals surface area contributed by atoms with E-state index in [-0.39, 0.29) is 5.78 Å². The van der Waals surface area contributed by atoms with Crippen molar-refractivity contribution in [1.82, 2.24) is 0 Å². The highest BCUT2D eigenvalue weighted by atomic mass is 79.9. The summed E-state index contributed by atoms with van der Waals surface area (Å²) in [6.07, 6.45) is 0. The van der Waals surface area contributed by atoms with Gasteiger partial charge in [0.05, 0.1) is 5.69 Å². The number of carbonyl (C=O) groups excluding carboxylic acids is 1. The topological polar surface area (TPSA) is 20.3 Å². The van der Waals surface area contributed by atoms with Crippen LogP contribution in [0.2, 0.25) is 0 Å². The number of halogens is 1. The van der Waals surface area contributed by atoms with Gasteiger partial charge in [-0.05, 0) is 48.0 Å². The van der Waals surface area contributed by atoms with Gasteiger partial charge < -0.3 is 4.90 Å². The molecule has 0 radical (unpaired) electrons. The van der Waals surface area contributed by atoms with Crippen LogP contribution in [-0.2, 0) is 0 Å². The summed E-state index contributed by atoms with van der Waals surface area (Å²) in [5, 5.41) is 0. The molecule has 2 rings (SSSR count). The van der Waals surface area contributed by atoms with Gasteiger partial charge in [0.2, 0.25) is 0 Å². The van der Waals surface area contributed by atoms with Crippen molar-refractivity contribution in [3.05, 3.63) is 28.2 Å². The summed E-state index contributed by atoms with van der Waals surface area (Å²) in [7, 11) is 0. The monoisotopic (exact) mass is 313 g/mol. The summed E-state index contributed by atoms with van der Waals surface area (Å²) in [6, 6.07) is 6.43. The minimum Gasteiger partial charge on any atom is -0.366 e. The van der Waals surface area contributed by atoms with Gasteiger partial charge >= 0.3 is 0 Å². The smallest absolute Gasteiger partial charge is 0.159 e. The number of benzene rings is 1. The molecular weight excluding hydrogens is 298 g/mol. The molecule has 0 N–H and O–H groups in total. The molecule has 2 nitrogen and oxygen atoms in total. The minimum atomic E-state index is 0.111. The van der Waals surface area contributed by atoms with Crippen molar-refractivity contribution in [3.8, 4) is 0 Å². The minimum absolute atomic E-state index is 0.111. The highest BCUT2D eigenvalue weighted by Crippen LogP contribution is 2.31. The molecule has 1 aromatic carbocycles. The number of thioether (sulfide) groups is 1. The Hall–Kier alpha value is -0.480. The van der Waals surface area contributed by atoms with Gasteiger partial charge in [0, 0.05) is 34.1 Å². The predicted molar refractivity (Wildman–Crippen MR) is 78.3 cm³/mol. The molecule has 1 atom stereocenters. The lowest BCUT2D eigenvalue weighted by Crippen LogP contribution is -2.40. The standard InChI is InChI=1S/C13H16BrNOS/c1-9-8-17-6-5-15(9)13-4-3-11(10(2)16)7-12(13)14/h3-4,7,9H,5-6,8H2,1-2H3. The fourth-order valence-electron chi connectivity index (χ4n) is 2.04. The SMILES string of the molecule is CC(=O)c1ccc(N2CCSCC2C)c(Br)c1. The number of hydrogen-bond donors (Lipinski definition) is 0. The lowest BCUT2D eigenvalue weighted by Gasteiger charge is -2.35. The highest BCUT2D eigenvalue weighted by molar-refractivity contribution is 9.10. The van der Waals surface area contributed by atoms with E-state index in [1.807, 2.05) is 30.0 Å². The van der Waals surface area contributed by atoms with E-state index in [1.165, 1.54) is 17.2 Å². The Labute approximate surface area is 115 Å². The van der Waals surface area contributed by atoms with Gasteiger partial charge in [-0.25, -0.2) is 0 Å². The fraction of sp³-hybridized carbons (Fsp3) is 0.462.